The summed E-state index contributed by atoms with van der Waals surface area (Å²) >= 11 is 6.68. The lowest BCUT2D eigenvalue weighted by Gasteiger charge is -2.01. The van der Waals surface area contributed by atoms with Crippen LogP contribution in [0.5, 0.6) is 0 Å². The van der Waals surface area contributed by atoms with Gasteiger partial charge in [0.05, 0.1) is 0 Å². The highest BCUT2D eigenvalue weighted by Crippen LogP contribution is 2.36. The zero-order chi connectivity index (χ0) is 16.1. The summed E-state index contributed by atoms with van der Waals surface area (Å²) in [5, 5.41) is 0. The van der Waals surface area contributed by atoms with Gasteiger partial charge >= 0.3 is 8.25 Å². The molecule has 0 spiro atoms. The van der Waals surface area contributed by atoms with E-state index in [4.69, 9.17) is 9.05 Å². The molecule has 0 N–H and O–H groups in total. The van der Waals surface area contributed by atoms with Gasteiger partial charge in [0.2, 0.25) is 0 Å². The fraction of sp³-hybridized carbons (Fsp3) is 0. The molecule has 0 aromatic heterocycles. The predicted molar refractivity (Wildman–Crippen MR) is 96.1 cm³/mol. The van der Waals surface area contributed by atoms with Crippen LogP contribution in [-0.2, 0) is 13.6 Å². The summed E-state index contributed by atoms with van der Waals surface area (Å²) in [6, 6.07) is 14.6. The molecule has 0 fully saturated rings. The maximum Gasteiger partial charge on any atom is 0.805 e. The van der Waals surface area contributed by atoms with Crippen molar-refractivity contribution in [1.29, 1.82) is 0 Å². The highest BCUT2D eigenvalue weighted by molar-refractivity contribution is 9.10. The smallest absolute Gasteiger partial charge is 0.222 e. The van der Waals surface area contributed by atoms with Crippen LogP contribution in [0, 0.1) is 0 Å². The third kappa shape index (κ3) is 4.80. The summed E-state index contributed by atoms with van der Waals surface area (Å²) in [7, 11) is -2.39. The van der Waals surface area contributed by atoms with Crippen LogP contribution >= 0.6 is 40.1 Å². The Kier molecular flexibility index (Phi) is 5.95. The topological polar surface area (TPSA) is 35.5 Å². The highest BCUT2D eigenvalue weighted by Gasteiger charge is 2.26. The van der Waals surface area contributed by atoms with Crippen LogP contribution in [0.25, 0.3) is 11.5 Å². The van der Waals surface area contributed by atoms with E-state index in [0.29, 0.717) is 0 Å². The second-order valence-corrected chi connectivity index (χ2v) is 6.91. The molecule has 0 saturated heterocycles. The molecule has 22 heavy (non-hydrogen) atoms. The van der Waals surface area contributed by atoms with Crippen molar-refractivity contribution in [3.05, 3.63) is 81.8 Å². The van der Waals surface area contributed by atoms with Gasteiger partial charge < -0.3 is 0 Å². The number of hydrogen-bond acceptors (Lipinski definition) is 3. The van der Waals surface area contributed by atoms with E-state index in [0.717, 1.165) is 20.1 Å². The van der Waals surface area contributed by atoms with Crippen molar-refractivity contribution in [3.8, 4) is 0 Å². The van der Waals surface area contributed by atoms with Gasteiger partial charge in [0.15, 0.2) is 11.5 Å². The molecule has 0 aliphatic rings. The van der Waals surface area contributed by atoms with Crippen LogP contribution in [-0.4, -0.2) is 0 Å². The zero-order valence-corrected chi connectivity index (χ0v) is 15.5. The number of benzene rings is 2. The van der Waals surface area contributed by atoms with E-state index in [2.05, 4.69) is 45.0 Å². The first kappa shape index (κ1) is 16.9. The van der Waals surface area contributed by atoms with E-state index in [1.54, 1.807) is 24.3 Å². The third-order valence-corrected chi connectivity index (χ3v) is 4.50. The molecular formula is C16H12Br2O3P+. The maximum atomic E-state index is 11.9. The fourth-order valence-electron chi connectivity index (χ4n) is 1.58. The molecule has 0 radical (unpaired) electrons. The fourth-order valence-corrected chi connectivity index (χ4v) is 2.71. The summed E-state index contributed by atoms with van der Waals surface area (Å²) in [6.45, 7) is 7.50. The predicted octanol–water partition coefficient (Wildman–Crippen LogP) is 6.54. The van der Waals surface area contributed by atoms with E-state index in [-0.39, 0.29) is 11.5 Å². The quantitative estimate of drug-likeness (QED) is 0.376. The van der Waals surface area contributed by atoms with Gasteiger partial charge in [-0.2, -0.15) is 0 Å². The van der Waals surface area contributed by atoms with Crippen molar-refractivity contribution in [3.63, 3.8) is 0 Å². The summed E-state index contributed by atoms with van der Waals surface area (Å²) in [5.41, 5.74) is 1.45. The van der Waals surface area contributed by atoms with Gasteiger partial charge in [-0.15, -0.1) is 0 Å². The summed E-state index contributed by atoms with van der Waals surface area (Å²) < 4.78 is 24.2. The van der Waals surface area contributed by atoms with E-state index < -0.39 is 8.25 Å². The number of halogens is 2. The van der Waals surface area contributed by atoms with Gasteiger partial charge in [0.25, 0.3) is 0 Å². The molecular weight excluding hydrogens is 431 g/mol. The molecule has 112 valence electrons. The molecule has 2 aromatic rings. The van der Waals surface area contributed by atoms with Crippen molar-refractivity contribution in [2.45, 2.75) is 0 Å². The van der Waals surface area contributed by atoms with Gasteiger partial charge in [-0.25, -0.2) is 9.05 Å². The Hall–Kier alpha value is -1.42. The summed E-state index contributed by atoms with van der Waals surface area (Å²) in [5.74, 6) is 0.550. The molecule has 2 aromatic carbocycles. The van der Waals surface area contributed by atoms with E-state index in [1.165, 1.54) is 0 Å². The SMILES string of the molecule is C=C(O[P+](=O)OC(=C)c1ccc(Br)cc1)c1ccc(Br)cc1. The third-order valence-electron chi connectivity index (χ3n) is 2.70. The first-order chi connectivity index (χ1) is 10.5. The lowest BCUT2D eigenvalue weighted by molar-refractivity contribution is 0.383. The minimum atomic E-state index is -2.39. The summed E-state index contributed by atoms with van der Waals surface area (Å²) in [6.07, 6.45) is 0. The molecule has 0 aliphatic heterocycles. The first-order valence-corrected chi connectivity index (χ1v) is 8.87. The molecule has 6 heteroatoms. The van der Waals surface area contributed by atoms with Crippen LogP contribution in [0.1, 0.15) is 11.1 Å². The van der Waals surface area contributed by atoms with Crippen molar-refractivity contribution < 1.29 is 13.6 Å². The Morgan fingerprint density at radius 1 is 0.773 bits per heavy atom. The Morgan fingerprint density at radius 3 is 1.41 bits per heavy atom. The normalized spacial score (nSPS) is 9.91. The van der Waals surface area contributed by atoms with E-state index >= 15 is 0 Å². The molecule has 0 aliphatic carbocycles. The molecule has 0 amide bonds. The molecule has 0 bridgehead atoms. The Bertz CT molecular complexity index is 648. The lowest BCUT2D eigenvalue weighted by Crippen LogP contribution is -1.88. The van der Waals surface area contributed by atoms with E-state index in [9.17, 15) is 4.57 Å². The lowest BCUT2D eigenvalue weighted by atomic mass is 10.2. The molecule has 0 unspecified atom stereocenters. The van der Waals surface area contributed by atoms with Crippen LogP contribution in [0.15, 0.2) is 70.6 Å². The Morgan fingerprint density at radius 2 is 1.09 bits per heavy atom. The van der Waals surface area contributed by atoms with Crippen LogP contribution in [0.2, 0.25) is 0 Å². The van der Waals surface area contributed by atoms with Crippen molar-refractivity contribution in [2.75, 3.05) is 0 Å². The molecule has 0 atom stereocenters. The summed E-state index contributed by atoms with van der Waals surface area (Å²) in [4.78, 5) is 0. The zero-order valence-electron chi connectivity index (χ0n) is 11.5. The van der Waals surface area contributed by atoms with E-state index in [1.807, 2.05) is 24.3 Å². The van der Waals surface area contributed by atoms with Crippen LogP contribution < -0.4 is 0 Å². The van der Waals surface area contributed by atoms with Gasteiger partial charge in [0, 0.05) is 24.6 Å². The van der Waals surface area contributed by atoms with Gasteiger partial charge in [-0.3, -0.25) is 0 Å². The van der Waals surface area contributed by atoms with Crippen molar-refractivity contribution >= 4 is 51.6 Å². The molecule has 3 nitrogen and oxygen atoms in total. The number of rotatable bonds is 6. The highest BCUT2D eigenvalue weighted by atomic mass is 79.9. The van der Waals surface area contributed by atoms with Crippen molar-refractivity contribution in [1.82, 2.24) is 0 Å². The number of hydrogen-bond donors (Lipinski definition) is 0. The van der Waals surface area contributed by atoms with Crippen molar-refractivity contribution in [2.24, 2.45) is 0 Å². The van der Waals surface area contributed by atoms with Crippen LogP contribution in [0.4, 0.5) is 0 Å². The minimum Gasteiger partial charge on any atom is -0.222 e. The first-order valence-electron chi connectivity index (χ1n) is 6.18. The maximum absolute atomic E-state index is 11.9. The average Bonchev–Trinajstić information content (AvgIpc) is 2.48. The monoisotopic (exact) mass is 441 g/mol. The molecule has 2 rings (SSSR count). The molecule has 0 saturated carbocycles. The largest absolute Gasteiger partial charge is 0.805 e. The Labute approximate surface area is 146 Å². The standard InChI is InChI=1S/C16H12Br2O3P/c1-11(13-3-7-15(17)8-4-13)20-22(19)21-12(2)14-5-9-16(18)10-6-14/h3-10H,1-2H2/q+1. The molecule has 0 heterocycles. The van der Waals surface area contributed by atoms with Gasteiger partial charge in [-0.1, -0.05) is 31.9 Å². The minimum absolute atomic E-state index is 0.275. The van der Waals surface area contributed by atoms with Gasteiger partial charge in [-0.05, 0) is 61.7 Å². The van der Waals surface area contributed by atoms with Crippen LogP contribution in [0.3, 0.4) is 0 Å². The average molecular weight is 443 g/mol. The second kappa shape index (κ2) is 7.73. The van der Waals surface area contributed by atoms with Gasteiger partial charge in [0.1, 0.15) is 0 Å². The second-order valence-electron chi connectivity index (χ2n) is 4.27. The Balaban J connectivity index is 1.95.